The summed E-state index contributed by atoms with van der Waals surface area (Å²) < 4.78 is 0. The minimum atomic E-state index is -0.139. The Labute approximate surface area is 158 Å². The molecule has 8 heteroatoms. The summed E-state index contributed by atoms with van der Waals surface area (Å²) in [5, 5.41) is 0. The van der Waals surface area contributed by atoms with Crippen molar-refractivity contribution in [2.75, 3.05) is 24.6 Å². The van der Waals surface area contributed by atoms with Crippen LogP contribution in [0.25, 0.3) is 0 Å². The van der Waals surface area contributed by atoms with Crippen LogP contribution >= 0.6 is 0 Å². The van der Waals surface area contributed by atoms with Crippen molar-refractivity contribution < 1.29 is 4.79 Å². The molecule has 2 aliphatic rings. The average molecular weight is 367 g/mol. The molecule has 4 rings (SSSR count). The number of aryl methyl sites for hydroxylation is 1. The number of nitrogen functional groups attached to an aromatic ring is 2. The minimum Gasteiger partial charge on any atom is -0.368 e. The van der Waals surface area contributed by atoms with Gasteiger partial charge in [0.15, 0.2) is 0 Å². The lowest BCUT2D eigenvalue weighted by Gasteiger charge is -2.40. The molecule has 1 amide bonds. The molecule has 1 saturated heterocycles. The van der Waals surface area contributed by atoms with Crippen LogP contribution in [0.5, 0.6) is 0 Å². The Kier molecular flexibility index (Phi) is 4.20. The molecule has 142 valence electrons. The highest BCUT2D eigenvalue weighted by Crippen LogP contribution is 2.44. The van der Waals surface area contributed by atoms with Crippen LogP contribution in [0.2, 0.25) is 0 Å². The predicted octanol–water partition coefficient (Wildman–Crippen LogP) is 1.67. The molecule has 0 radical (unpaired) electrons. The molecular weight excluding hydrogens is 342 g/mol. The van der Waals surface area contributed by atoms with Gasteiger partial charge >= 0.3 is 0 Å². The van der Waals surface area contributed by atoms with Gasteiger partial charge in [-0.3, -0.25) is 4.79 Å². The maximum absolute atomic E-state index is 13.2. The SMILES string of the molecule is CC(C)c1cc(C(=O)N2CCCC3(CCc4cnc(N)nc43)C2)nc(N)n1. The quantitative estimate of drug-likeness (QED) is 0.827. The predicted molar refractivity (Wildman–Crippen MR) is 102 cm³/mol. The molecule has 1 spiro atoms. The van der Waals surface area contributed by atoms with E-state index in [1.807, 2.05) is 24.9 Å². The van der Waals surface area contributed by atoms with E-state index < -0.39 is 0 Å². The fourth-order valence-corrected chi connectivity index (χ4v) is 4.31. The van der Waals surface area contributed by atoms with Crippen molar-refractivity contribution >= 4 is 17.8 Å². The molecule has 3 heterocycles. The second-order valence-corrected chi connectivity index (χ2v) is 7.90. The number of carbonyl (C=O) groups excluding carboxylic acids is 1. The van der Waals surface area contributed by atoms with Gasteiger partial charge in [-0.1, -0.05) is 13.8 Å². The van der Waals surface area contributed by atoms with Crippen molar-refractivity contribution in [3.63, 3.8) is 0 Å². The molecule has 0 saturated carbocycles. The number of fused-ring (bicyclic) bond motifs is 2. The van der Waals surface area contributed by atoms with Crippen LogP contribution < -0.4 is 11.5 Å². The Bertz CT molecular complexity index is 894. The summed E-state index contributed by atoms with van der Waals surface area (Å²) in [6.45, 7) is 5.37. The van der Waals surface area contributed by atoms with Crippen molar-refractivity contribution in [3.8, 4) is 0 Å². The second kappa shape index (κ2) is 6.44. The first kappa shape index (κ1) is 17.6. The average Bonchev–Trinajstić information content (AvgIpc) is 2.98. The third kappa shape index (κ3) is 3.09. The van der Waals surface area contributed by atoms with Crippen molar-refractivity contribution in [1.29, 1.82) is 0 Å². The number of piperidine rings is 1. The third-order valence-electron chi connectivity index (χ3n) is 5.70. The number of rotatable bonds is 2. The summed E-state index contributed by atoms with van der Waals surface area (Å²) in [5.74, 6) is 0.517. The van der Waals surface area contributed by atoms with Crippen LogP contribution in [0.4, 0.5) is 11.9 Å². The Morgan fingerprint density at radius 2 is 2.00 bits per heavy atom. The Balaban J connectivity index is 1.63. The highest BCUT2D eigenvalue weighted by Gasteiger charge is 2.45. The molecule has 2 aromatic heterocycles. The fourth-order valence-electron chi connectivity index (χ4n) is 4.31. The van der Waals surface area contributed by atoms with Gasteiger partial charge in [-0.2, -0.15) is 0 Å². The van der Waals surface area contributed by atoms with E-state index in [2.05, 4.69) is 19.9 Å². The Morgan fingerprint density at radius 1 is 1.19 bits per heavy atom. The summed E-state index contributed by atoms with van der Waals surface area (Å²) in [7, 11) is 0. The van der Waals surface area contributed by atoms with Crippen molar-refractivity contribution in [2.24, 2.45) is 0 Å². The zero-order valence-electron chi connectivity index (χ0n) is 15.8. The summed E-state index contributed by atoms with van der Waals surface area (Å²) in [5.41, 5.74) is 14.8. The van der Waals surface area contributed by atoms with Gasteiger partial charge < -0.3 is 16.4 Å². The van der Waals surface area contributed by atoms with Gasteiger partial charge in [0, 0.05) is 30.4 Å². The summed E-state index contributed by atoms with van der Waals surface area (Å²) >= 11 is 0. The number of aromatic nitrogens is 4. The summed E-state index contributed by atoms with van der Waals surface area (Å²) in [6, 6.07) is 1.76. The number of likely N-dealkylation sites (tertiary alicyclic amines) is 1. The zero-order chi connectivity index (χ0) is 19.2. The van der Waals surface area contributed by atoms with Crippen LogP contribution in [0, 0.1) is 0 Å². The van der Waals surface area contributed by atoms with Crippen molar-refractivity contribution in [3.05, 3.63) is 34.9 Å². The molecule has 1 fully saturated rings. The van der Waals surface area contributed by atoms with E-state index in [-0.39, 0.29) is 23.2 Å². The number of hydrogen-bond acceptors (Lipinski definition) is 7. The Morgan fingerprint density at radius 3 is 2.78 bits per heavy atom. The van der Waals surface area contributed by atoms with E-state index in [1.165, 1.54) is 0 Å². The molecule has 0 aromatic carbocycles. The molecule has 0 bridgehead atoms. The van der Waals surface area contributed by atoms with E-state index in [0.717, 1.165) is 42.6 Å². The first-order chi connectivity index (χ1) is 12.9. The first-order valence-electron chi connectivity index (χ1n) is 9.43. The van der Waals surface area contributed by atoms with Crippen molar-refractivity contribution in [2.45, 2.75) is 50.9 Å². The van der Waals surface area contributed by atoms with Crippen LogP contribution in [0.1, 0.15) is 66.5 Å². The summed E-state index contributed by atoms with van der Waals surface area (Å²) in [4.78, 5) is 32.1. The van der Waals surface area contributed by atoms with E-state index in [9.17, 15) is 4.79 Å². The molecule has 1 atom stereocenters. The maximum Gasteiger partial charge on any atom is 0.272 e. The lowest BCUT2D eigenvalue weighted by Crippen LogP contribution is -2.48. The number of anilines is 2. The zero-order valence-corrected chi connectivity index (χ0v) is 15.8. The lowest BCUT2D eigenvalue weighted by atomic mass is 9.77. The highest BCUT2D eigenvalue weighted by molar-refractivity contribution is 5.93. The molecule has 2 aromatic rings. The fraction of sp³-hybridized carbons (Fsp3) is 0.526. The number of amides is 1. The van der Waals surface area contributed by atoms with Gasteiger partial charge in [0.25, 0.3) is 5.91 Å². The standard InChI is InChI=1S/C19H25N7O/c1-11(2)13-8-14(24-18(21)23-13)16(27)26-7-3-5-19(10-26)6-4-12-9-22-17(20)25-15(12)19/h8-9,11H,3-7,10H2,1-2H3,(H2,20,22,25)(H2,21,23,24). The molecule has 27 heavy (non-hydrogen) atoms. The molecule has 4 N–H and O–H groups in total. The van der Waals surface area contributed by atoms with E-state index in [0.29, 0.717) is 24.7 Å². The number of nitrogens with two attached hydrogens (primary N) is 2. The molecule has 1 aliphatic carbocycles. The van der Waals surface area contributed by atoms with Crippen LogP contribution in [0.3, 0.4) is 0 Å². The monoisotopic (exact) mass is 367 g/mol. The molecular formula is C19H25N7O. The van der Waals surface area contributed by atoms with Crippen LogP contribution in [-0.4, -0.2) is 43.8 Å². The maximum atomic E-state index is 13.2. The van der Waals surface area contributed by atoms with Crippen LogP contribution in [0.15, 0.2) is 12.3 Å². The van der Waals surface area contributed by atoms with Gasteiger partial charge in [-0.15, -0.1) is 0 Å². The van der Waals surface area contributed by atoms with E-state index >= 15 is 0 Å². The minimum absolute atomic E-state index is 0.0967. The lowest BCUT2D eigenvalue weighted by molar-refractivity contribution is 0.0627. The van der Waals surface area contributed by atoms with Gasteiger partial charge in [-0.25, -0.2) is 19.9 Å². The first-order valence-corrected chi connectivity index (χ1v) is 9.43. The number of nitrogens with zero attached hydrogens (tertiary/aromatic N) is 5. The third-order valence-corrected chi connectivity index (χ3v) is 5.70. The van der Waals surface area contributed by atoms with E-state index in [4.69, 9.17) is 11.5 Å². The van der Waals surface area contributed by atoms with Gasteiger partial charge in [-0.05, 0) is 43.2 Å². The molecule has 8 nitrogen and oxygen atoms in total. The van der Waals surface area contributed by atoms with Gasteiger partial charge in [0.05, 0.1) is 5.69 Å². The summed E-state index contributed by atoms with van der Waals surface area (Å²) in [6.07, 6.45) is 5.65. The van der Waals surface area contributed by atoms with E-state index in [1.54, 1.807) is 6.07 Å². The molecule has 1 aliphatic heterocycles. The normalized spacial score (nSPS) is 21.7. The highest BCUT2D eigenvalue weighted by atomic mass is 16.2. The van der Waals surface area contributed by atoms with Gasteiger partial charge in [0.2, 0.25) is 11.9 Å². The number of hydrogen-bond donors (Lipinski definition) is 2. The Hall–Kier alpha value is -2.77. The largest absolute Gasteiger partial charge is 0.368 e. The number of carbonyl (C=O) groups is 1. The van der Waals surface area contributed by atoms with Crippen LogP contribution in [-0.2, 0) is 11.8 Å². The smallest absolute Gasteiger partial charge is 0.272 e. The second-order valence-electron chi connectivity index (χ2n) is 7.90. The van der Waals surface area contributed by atoms with Crippen molar-refractivity contribution in [1.82, 2.24) is 24.8 Å². The van der Waals surface area contributed by atoms with Gasteiger partial charge in [0.1, 0.15) is 5.69 Å². The molecule has 1 unspecified atom stereocenters. The topological polar surface area (TPSA) is 124 Å².